The minimum absolute atomic E-state index is 0.119. The van der Waals surface area contributed by atoms with Crippen molar-refractivity contribution in [3.05, 3.63) is 34.0 Å². The van der Waals surface area contributed by atoms with Crippen molar-refractivity contribution < 1.29 is 37.6 Å². The number of aliphatic hydroxyl groups is 1. The molecule has 0 fully saturated rings. The van der Waals surface area contributed by atoms with E-state index < -0.39 is 31.5 Å². The van der Waals surface area contributed by atoms with Gasteiger partial charge < -0.3 is 28.1 Å². The summed E-state index contributed by atoms with van der Waals surface area (Å²) < 4.78 is 28.8. The fraction of sp³-hybridized carbons (Fsp3) is 0.765. The van der Waals surface area contributed by atoms with Crippen molar-refractivity contribution in [1.82, 2.24) is 10.3 Å². The lowest BCUT2D eigenvalue weighted by molar-refractivity contribution is -0.00625. The van der Waals surface area contributed by atoms with Crippen LogP contribution in [0.2, 0.25) is 18.1 Å². The zero-order valence-corrected chi connectivity index (χ0v) is 30.7. The topological polar surface area (TPSA) is 134 Å². The van der Waals surface area contributed by atoms with E-state index in [9.17, 15) is 9.59 Å². The van der Waals surface area contributed by atoms with Crippen LogP contribution >= 0.6 is 0 Å². The van der Waals surface area contributed by atoms with Crippen molar-refractivity contribution >= 4 is 20.3 Å². The highest BCUT2D eigenvalue weighted by Crippen LogP contribution is 2.36. The molecule has 0 aliphatic rings. The van der Waals surface area contributed by atoms with Gasteiger partial charge in [-0.3, -0.25) is 0 Å². The molecule has 45 heavy (non-hydrogen) atoms. The van der Waals surface area contributed by atoms with Crippen molar-refractivity contribution in [3.8, 4) is 0 Å². The number of aromatic nitrogens is 2. The fourth-order valence-corrected chi connectivity index (χ4v) is 5.70. The minimum atomic E-state index is -1.75. The molecule has 0 bridgehead atoms. The maximum atomic E-state index is 13.3. The van der Waals surface area contributed by atoms with Crippen LogP contribution in [-0.2, 0) is 33.2 Å². The first-order valence-corrected chi connectivity index (χ1v) is 19.3. The van der Waals surface area contributed by atoms with Crippen molar-refractivity contribution in [2.24, 2.45) is 0 Å². The number of carbonyl (C=O) groups is 2. The molecule has 1 N–H and O–H groups in total. The number of esters is 2. The lowest BCUT2D eigenvalue weighted by Gasteiger charge is -2.36. The standard InChI is InChI=1S/C34H58N2O8Si/c1-24-25(18-15-13-17-23-40-45(10,11)33(5,6)7)28(35-43-24)31(39)42-34(8,9)21-20-27-26(19-14-12-16-22-37)29(36-44-27)30(38)41-32(2,3)4/h37H,12-23H2,1-11H3. The highest BCUT2D eigenvalue weighted by molar-refractivity contribution is 6.74. The van der Waals surface area contributed by atoms with Crippen LogP contribution in [0, 0.1) is 6.92 Å². The summed E-state index contributed by atoms with van der Waals surface area (Å²) in [6.07, 6.45) is 7.17. The van der Waals surface area contributed by atoms with E-state index >= 15 is 0 Å². The van der Waals surface area contributed by atoms with Gasteiger partial charge in [-0.1, -0.05) is 43.9 Å². The van der Waals surface area contributed by atoms with Crippen LogP contribution in [0.1, 0.15) is 144 Å². The first kappa shape index (κ1) is 38.7. The van der Waals surface area contributed by atoms with Crippen molar-refractivity contribution in [2.75, 3.05) is 13.2 Å². The normalized spacial score (nSPS) is 12.9. The van der Waals surface area contributed by atoms with Gasteiger partial charge in [-0.25, -0.2) is 9.59 Å². The third-order valence-electron chi connectivity index (χ3n) is 8.39. The molecular weight excluding hydrogens is 592 g/mol. The molecule has 2 aromatic heterocycles. The Bertz CT molecular complexity index is 1230. The molecule has 2 heterocycles. The van der Waals surface area contributed by atoms with Gasteiger partial charge in [0.05, 0.1) is 0 Å². The molecule has 0 amide bonds. The van der Waals surface area contributed by atoms with E-state index in [0.717, 1.165) is 44.3 Å². The highest BCUT2D eigenvalue weighted by atomic mass is 28.4. The van der Waals surface area contributed by atoms with E-state index in [1.165, 1.54) is 0 Å². The Hall–Kier alpha value is -2.50. The molecule has 0 atom stereocenters. The van der Waals surface area contributed by atoms with E-state index in [0.29, 0.717) is 49.2 Å². The Morgan fingerprint density at radius 2 is 1.31 bits per heavy atom. The summed E-state index contributed by atoms with van der Waals surface area (Å²) in [6, 6.07) is 0. The number of ether oxygens (including phenoxy) is 2. The van der Waals surface area contributed by atoms with Crippen molar-refractivity contribution in [2.45, 2.75) is 156 Å². The Kier molecular flexibility index (Phi) is 14.1. The average molecular weight is 651 g/mol. The molecule has 11 heteroatoms. The minimum Gasteiger partial charge on any atom is -0.455 e. The third-order valence-corrected chi connectivity index (χ3v) is 12.9. The van der Waals surface area contributed by atoms with Crippen LogP contribution in [0.4, 0.5) is 0 Å². The number of hydrogen-bond acceptors (Lipinski definition) is 10. The summed E-state index contributed by atoms with van der Waals surface area (Å²) in [5, 5.41) is 17.4. The van der Waals surface area contributed by atoms with E-state index in [2.05, 4.69) is 44.2 Å². The van der Waals surface area contributed by atoms with Gasteiger partial charge >= 0.3 is 11.9 Å². The molecule has 0 saturated carbocycles. The number of hydrogen-bond donors (Lipinski definition) is 1. The summed E-state index contributed by atoms with van der Waals surface area (Å²) in [7, 11) is -1.75. The summed E-state index contributed by atoms with van der Waals surface area (Å²) in [5.74, 6) is 0.140. The van der Waals surface area contributed by atoms with Gasteiger partial charge in [-0.15, -0.1) is 0 Å². The highest BCUT2D eigenvalue weighted by Gasteiger charge is 2.37. The van der Waals surface area contributed by atoms with E-state index in [-0.39, 0.29) is 23.0 Å². The monoisotopic (exact) mass is 650 g/mol. The van der Waals surface area contributed by atoms with Crippen molar-refractivity contribution in [3.63, 3.8) is 0 Å². The molecule has 0 unspecified atom stereocenters. The Morgan fingerprint density at radius 1 is 0.756 bits per heavy atom. The van der Waals surface area contributed by atoms with Crippen LogP contribution in [0.3, 0.4) is 0 Å². The molecule has 2 rings (SSSR count). The van der Waals surface area contributed by atoms with E-state index in [1.807, 2.05) is 20.8 Å². The third kappa shape index (κ3) is 12.3. The van der Waals surface area contributed by atoms with Gasteiger partial charge in [0, 0.05) is 30.8 Å². The molecule has 10 nitrogen and oxygen atoms in total. The molecule has 256 valence electrons. The summed E-state index contributed by atoms with van der Waals surface area (Å²) in [5.41, 5.74) is 0.354. The second-order valence-corrected chi connectivity index (χ2v) is 19.9. The van der Waals surface area contributed by atoms with E-state index in [4.69, 9.17) is 28.1 Å². The van der Waals surface area contributed by atoms with Crippen LogP contribution in [0.15, 0.2) is 9.05 Å². The Labute approximate surface area is 271 Å². The van der Waals surface area contributed by atoms with Crippen molar-refractivity contribution in [1.29, 1.82) is 0 Å². The average Bonchev–Trinajstić information content (AvgIpc) is 3.48. The summed E-state index contributed by atoms with van der Waals surface area (Å²) in [4.78, 5) is 26.1. The van der Waals surface area contributed by atoms with Gasteiger partial charge in [0.25, 0.3) is 0 Å². The summed E-state index contributed by atoms with van der Waals surface area (Å²) in [6.45, 7) is 23.0. The fourth-order valence-electron chi connectivity index (χ4n) is 4.61. The number of rotatable bonds is 18. The second kappa shape index (κ2) is 16.4. The second-order valence-electron chi connectivity index (χ2n) is 15.1. The molecule has 2 aromatic rings. The molecule has 0 aliphatic carbocycles. The van der Waals surface area contributed by atoms with Crippen LogP contribution in [-0.4, -0.2) is 60.1 Å². The summed E-state index contributed by atoms with van der Waals surface area (Å²) >= 11 is 0. The molecule has 0 radical (unpaired) electrons. The van der Waals surface area contributed by atoms with E-state index in [1.54, 1.807) is 20.8 Å². The maximum absolute atomic E-state index is 13.3. The number of nitrogens with zero attached hydrogens (tertiary/aromatic N) is 2. The Balaban J connectivity index is 2.00. The Morgan fingerprint density at radius 3 is 1.91 bits per heavy atom. The van der Waals surface area contributed by atoms with Gasteiger partial charge in [0.2, 0.25) is 0 Å². The predicted molar refractivity (Wildman–Crippen MR) is 176 cm³/mol. The number of aliphatic hydroxyl groups excluding tert-OH is 1. The molecular formula is C34H58N2O8Si. The largest absolute Gasteiger partial charge is 0.455 e. The number of carbonyl (C=O) groups excluding carboxylic acids is 2. The predicted octanol–water partition coefficient (Wildman–Crippen LogP) is 7.93. The lowest BCUT2D eigenvalue weighted by Crippen LogP contribution is -2.40. The smallest absolute Gasteiger partial charge is 0.361 e. The molecule has 0 spiro atoms. The number of aryl methyl sites for hydroxylation is 2. The lowest BCUT2D eigenvalue weighted by atomic mass is 9.97. The van der Waals surface area contributed by atoms with Gasteiger partial charge in [0.15, 0.2) is 19.7 Å². The van der Waals surface area contributed by atoms with Gasteiger partial charge in [0.1, 0.15) is 22.7 Å². The zero-order valence-electron chi connectivity index (χ0n) is 29.7. The number of unbranched alkanes of at least 4 members (excludes halogenated alkanes) is 4. The maximum Gasteiger partial charge on any atom is 0.361 e. The van der Waals surface area contributed by atoms with Gasteiger partial charge in [-0.05, 0) is 105 Å². The first-order chi connectivity index (χ1) is 20.8. The molecule has 0 aliphatic heterocycles. The first-order valence-electron chi connectivity index (χ1n) is 16.4. The zero-order chi connectivity index (χ0) is 34.1. The van der Waals surface area contributed by atoms with Crippen LogP contribution < -0.4 is 0 Å². The van der Waals surface area contributed by atoms with Crippen LogP contribution in [0.25, 0.3) is 0 Å². The molecule has 0 saturated heterocycles. The SMILES string of the molecule is Cc1onc(C(=O)OC(C)(C)CCc2onc(C(=O)OC(C)(C)C)c2CCCCCO)c1CCCCCO[Si](C)(C)C(C)(C)C. The quantitative estimate of drug-likeness (QED) is 0.0962. The van der Waals surface area contributed by atoms with Gasteiger partial charge in [-0.2, -0.15) is 0 Å². The van der Waals surface area contributed by atoms with Crippen LogP contribution in [0.5, 0.6) is 0 Å². The molecule has 0 aromatic carbocycles.